The number of guanidine groups is 1. The first-order chi connectivity index (χ1) is 5.24. The Morgan fingerprint density at radius 1 is 1.36 bits per heavy atom. The van der Waals surface area contributed by atoms with Crippen LogP contribution in [0.15, 0.2) is 0 Å². The Morgan fingerprint density at radius 2 is 1.91 bits per heavy atom. The molecular formula is C7H16N4. The number of nitrogens with two attached hydrogens (primary N) is 1. The van der Waals surface area contributed by atoms with Crippen molar-refractivity contribution in [2.75, 3.05) is 32.7 Å². The van der Waals surface area contributed by atoms with Crippen molar-refractivity contribution in [3.05, 3.63) is 0 Å². The number of hydrogen-bond donors (Lipinski definition) is 2. The summed E-state index contributed by atoms with van der Waals surface area (Å²) in [6.45, 7) is 7.15. The van der Waals surface area contributed by atoms with E-state index < -0.39 is 0 Å². The molecule has 0 aromatic heterocycles. The number of nitrogens with one attached hydrogen (secondary N) is 1. The van der Waals surface area contributed by atoms with E-state index in [9.17, 15) is 0 Å². The number of hydrogen-bond acceptors (Lipinski definition) is 2. The van der Waals surface area contributed by atoms with Gasteiger partial charge in [0.1, 0.15) is 0 Å². The molecule has 0 aliphatic carbocycles. The number of piperazine rings is 1. The number of nitrogens with zero attached hydrogens (tertiary/aromatic N) is 2. The van der Waals surface area contributed by atoms with Crippen LogP contribution in [-0.2, 0) is 0 Å². The van der Waals surface area contributed by atoms with Gasteiger partial charge in [-0.15, -0.1) is 0 Å². The summed E-state index contributed by atoms with van der Waals surface area (Å²) in [4.78, 5) is 4.27. The molecule has 0 aromatic carbocycles. The summed E-state index contributed by atoms with van der Waals surface area (Å²) in [6, 6.07) is 0. The van der Waals surface area contributed by atoms with Gasteiger partial charge in [-0.2, -0.15) is 0 Å². The normalized spacial score (nSPS) is 20.3. The van der Waals surface area contributed by atoms with Crippen LogP contribution in [0.3, 0.4) is 0 Å². The van der Waals surface area contributed by atoms with Crippen molar-refractivity contribution in [3.8, 4) is 0 Å². The fourth-order valence-electron chi connectivity index (χ4n) is 1.31. The van der Waals surface area contributed by atoms with Gasteiger partial charge < -0.3 is 15.5 Å². The summed E-state index contributed by atoms with van der Waals surface area (Å²) >= 11 is 0. The van der Waals surface area contributed by atoms with Gasteiger partial charge in [-0.05, 0) is 6.54 Å². The quantitative estimate of drug-likeness (QED) is 0.398. The molecule has 3 N–H and O–H groups in total. The molecule has 0 spiro atoms. The Kier molecular flexibility index (Phi) is 2.70. The van der Waals surface area contributed by atoms with Crippen LogP contribution in [-0.4, -0.2) is 48.5 Å². The predicted octanol–water partition coefficient (Wildman–Crippen LogP) is -0.483. The van der Waals surface area contributed by atoms with Gasteiger partial charge >= 0.3 is 0 Å². The highest BCUT2D eigenvalue weighted by atomic mass is 15.3. The number of likely N-dealkylation sites (N-methyl/N-ethyl adjacent to an activating group) is 1. The molecule has 1 rings (SSSR count). The minimum atomic E-state index is 0.209. The fourth-order valence-corrected chi connectivity index (χ4v) is 1.31. The lowest BCUT2D eigenvalue weighted by molar-refractivity contribution is 0.188. The molecule has 0 radical (unpaired) electrons. The van der Waals surface area contributed by atoms with Crippen molar-refractivity contribution < 1.29 is 0 Å². The van der Waals surface area contributed by atoms with E-state index in [1.807, 2.05) is 4.90 Å². The van der Waals surface area contributed by atoms with Gasteiger partial charge in [-0.3, -0.25) is 5.41 Å². The van der Waals surface area contributed by atoms with Gasteiger partial charge in [0.05, 0.1) is 0 Å². The molecule has 11 heavy (non-hydrogen) atoms. The maximum atomic E-state index is 7.20. The highest BCUT2D eigenvalue weighted by Gasteiger charge is 2.15. The topological polar surface area (TPSA) is 56.4 Å². The molecule has 0 unspecified atom stereocenters. The fraction of sp³-hybridized carbons (Fsp3) is 0.857. The lowest BCUT2D eigenvalue weighted by Gasteiger charge is -2.34. The standard InChI is InChI=1S/C7H16N4/c1-2-10-3-5-11(6-4-10)7(8)9/h2-6H2,1H3,(H3,8,9). The zero-order valence-corrected chi connectivity index (χ0v) is 7.01. The van der Waals surface area contributed by atoms with Crippen LogP contribution in [0, 0.1) is 5.41 Å². The maximum Gasteiger partial charge on any atom is 0.188 e. The zero-order chi connectivity index (χ0) is 8.27. The van der Waals surface area contributed by atoms with Crippen LogP contribution in [0.1, 0.15) is 6.92 Å². The first kappa shape index (κ1) is 8.33. The molecule has 1 heterocycles. The van der Waals surface area contributed by atoms with Gasteiger partial charge in [0.25, 0.3) is 0 Å². The van der Waals surface area contributed by atoms with Crippen LogP contribution >= 0.6 is 0 Å². The Labute approximate surface area is 67.5 Å². The third-order valence-electron chi connectivity index (χ3n) is 2.16. The Hall–Kier alpha value is -0.770. The third-order valence-corrected chi connectivity index (χ3v) is 2.16. The summed E-state index contributed by atoms with van der Waals surface area (Å²) in [5.74, 6) is 0.209. The van der Waals surface area contributed by atoms with E-state index >= 15 is 0 Å². The lowest BCUT2D eigenvalue weighted by Crippen LogP contribution is -2.50. The molecule has 64 valence electrons. The maximum absolute atomic E-state index is 7.20. The first-order valence-electron chi connectivity index (χ1n) is 4.05. The van der Waals surface area contributed by atoms with Crippen molar-refractivity contribution in [2.45, 2.75) is 6.92 Å². The molecule has 0 atom stereocenters. The molecule has 4 nitrogen and oxygen atoms in total. The van der Waals surface area contributed by atoms with E-state index in [4.69, 9.17) is 11.1 Å². The van der Waals surface area contributed by atoms with Crippen LogP contribution in [0.25, 0.3) is 0 Å². The first-order valence-corrected chi connectivity index (χ1v) is 4.05. The third kappa shape index (κ3) is 2.08. The van der Waals surface area contributed by atoms with Gasteiger partial charge in [-0.25, -0.2) is 0 Å². The molecule has 0 aromatic rings. The second-order valence-corrected chi connectivity index (χ2v) is 2.81. The molecule has 1 aliphatic rings. The van der Waals surface area contributed by atoms with Crippen LogP contribution in [0.4, 0.5) is 0 Å². The average Bonchev–Trinajstić information content (AvgIpc) is 2.05. The Balaban J connectivity index is 2.30. The van der Waals surface area contributed by atoms with Crippen molar-refractivity contribution in [1.29, 1.82) is 5.41 Å². The van der Waals surface area contributed by atoms with Crippen LogP contribution in [0.5, 0.6) is 0 Å². The monoisotopic (exact) mass is 156 g/mol. The van der Waals surface area contributed by atoms with E-state index in [1.165, 1.54) is 0 Å². The second-order valence-electron chi connectivity index (χ2n) is 2.81. The number of rotatable bonds is 1. The summed E-state index contributed by atoms with van der Waals surface area (Å²) in [5, 5.41) is 7.20. The molecule has 4 heteroatoms. The van der Waals surface area contributed by atoms with E-state index in [-0.39, 0.29) is 5.96 Å². The van der Waals surface area contributed by atoms with E-state index in [1.54, 1.807) is 0 Å². The van der Waals surface area contributed by atoms with E-state index in [0.29, 0.717) is 0 Å². The van der Waals surface area contributed by atoms with Gasteiger partial charge in [-0.1, -0.05) is 6.92 Å². The summed E-state index contributed by atoms with van der Waals surface area (Å²) in [6.07, 6.45) is 0. The second kappa shape index (κ2) is 3.57. The largest absolute Gasteiger partial charge is 0.370 e. The minimum absolute atomic E-state index is 0.209. The highest BCUT2D eigenvalue weighted by molar-refractivity contribution is 5.74. The molecule has 1 aliphatic heterocycles. The van der Waals surface area contributed by atoms with Gasteiger partial charge in [0, 0.05) is 26.2 Å². The van der Waals surface area contributed by atoms with Crippen molar-refractivity contribution >= 4 is 5.96 Å². The Bertz CT molecular complexity index is 137. The molecule has 1 saturated heterocycles. The summed E-state index contributed by atoms with van der Waals surface area (Å²) in [7, 11) is 0. The molecule has 1 fully saturated rings. The van der Waals surface area contributed by atoms with Crippen molar-refractivity contribution in [3.63, 3.8) is 0 Å². The molecular weight excluding hydrogens is 140 g/mol. The van der Waals surface area contributed by atoms with Crippen molar-refractivity contribution in [2.24, 2.45) is 5.73 Å². The van der Waals surface area contributed by atoms with E-state index in [0.717, 1.165) is 32.7 Å². The molecule has 0 bridgehead atoms. The summed E-state index contributed by atoms with van der Waals surface area (Å²) < 4.78 is 0. The minimum Gasteiger partial charge on any atom is -0.370 e. The van der Waals surface area contributed by atoms with Crippen LogP contribution in [0.2, 0.25) is 0 Å². The zero-order valence-electron chi connectivity index (χ0n) is 7.01. The Morgan fingerprint density at radius 3 is 2.27 bits per heavy atom. The SMILES string of the molecule is CCN1CCN(C(=N)N)CC1. The summed E-state index contributed by atoms with van der Waals surface area (Å²) in [5.41, 5.74) is 5.34. The predicted molar refractivity (Wildman–Crippen MR) is 45.6 cm³/mol. The van der Waals surface area contributed by atoms with E-state index in [2.05, 4.69) is 11.8 Å². The highest BCUT2D eigenvalue weighted by Crippen LogP contribution is 1.99. The van der Waals surface area contributed by atoms with Gasteiger partial charge in [0.2, 0.25) is 0 Å². The molecule has 0 saturated carbocycles. The van der Waals surface area contributed by atoms with Crippen LogP contribution < -0.4 is 5.73 Å². The van der Waals surface area contributed by atoms with Crippen molar-refractivity contribution in [1.82, 2.24) is 9.80 Å². The smallest absolute Gasteiger partial charge is 0.188 e. The lowest BCUT2D eigenvalue weighted by atomic mass is 10.3. The van der Waals surface area contributed by atoms with Gasteiger partial charge in [0.15, 0.2) is 5.96 Å². The average molecular weight is 156 g/mol. The molecule has 0 amide bonds.